The summed E-state index contributed by atoms with van der Waals surface area (Å²) < 4.78 is 11.8. The summed E-state index contributed by atoms with van der Waals surface area (Å²) in [7, 11) is 0. The van der Waals surface area contributed by atoms with Crippen molar-refractivity contribution in [2.45, 2.75) is 6.92 Å². The van der Waals surface area contributed by atoms with Crippen LogP contribution >= 0.6 is 15.9 Å². The van der Waals surface area contributed by atoms with Gasteiger partial charge in [0.15, 0.2) is 5.76 Å². The Morgan fingerprint density at radius 3 is 2.62 bits per heavy atom. The van der Waals surface area contributed by atoms with Crippen LogP contribution in [0, 0.1) is 6.92 Å². The van der Waals surface area contributed by atoms with Gasteiger partial charge < -0.3 is 8.94 Å². The number of fused-ring (bicyclic) bond motifs is 1. The zero-order chi connectivity index (χ0) is 16.7. The van der Waals surface area contributed by atoms with Crippen LogP contribution in [0.5, 0.6) is 0 Å². The number of rotatable bonds is 3. The lowest BCUT2D eigenvalue weighted by Crippen LogP contribution is -2.02. The van der Waals surface area contributed by atoms with Gasteiger partial charge in [0.25, 0.3) is 0 Å². The molecule has 2 heterocycles. The molecule has 0 atom stereocenters. The monoisotopic (exact) mass is 381 g/mol. The summed E-state index contributed by atoms with van der Waals surface area (Å²) in [6.45, 7) is 1.73. The Hall–Kier alpha value is -2.66. The molecule has 24 heavy (non-hydrogen) atoms. The van der Waals surface area contributed by atoms with Gasteiger partial charge in [-0.1, -0.05) is 47.6 Å². The summed E-state index contributed by atoms with van der Waals surface area (Å²) in [5.74, 6) is 0.495. The third kappa shape index (κ3) is 2.37. The van der Waals surface area contributed by atoms with Crippen molar-refractivity contribution in [1.29, 1.82) is 0 Å². The van der Waals surface area contributed by atoms with Crippen LogP contribution in [0.2, 0.25) is 0 Å². The molecule has 0 saturated heterocycles. The SMILES string of the molecule is Cc1onc(-c2ccccc2)c1C(=O)c1cc2cccc(Br)c2o1. The van der Waals surface area contributed by atoms with Gasteiger partial charge in [0.1, 0.15) is 17.0 Å². The third-order valence-electron chi connectivity index (χ3n) is 3.86. The quantitative estimate of drug-likeness (QED) is 0.446. The molecule has 118 valence electrons. The molecule has 0 saturated carbocycles. The topological polar surface area (TPSA) is 56.2 Å². The zero-order valence-corrected chi connectivity index (χ0v) is 14.3. The van der Waals surface area contributed by atoms with E-state index in [9.17, 15) is 4.79 Å². The van der Waals surface area contributed by atoms with Crippen LogP contribution in [0.15, 0.2) is 68.0 Å². The molecule has 0 aliphatic rings. The van der Waals surface area contributed by atoms with E-state index in [1.54, 1.807) is 13.0 Å². The van der Waals surface area contributed by atoms with Gasteiger partial charge in [-0.05, 0) is 35.0 Å². The molecule has 0 amide bonds. The lowest BCUT2D eigenvalue weighted by atomic mass is 10.0. The molecule has 4 aromatic rings. The largest absolute Gasteiger partial charge is 0.451 e. The molecule has 0 fully saturated rings. The molecule has 5 heteroatoms. The zero-order valence-electron chi connectivity index (χ0n) is 12.7. The van der Waals surface area contributed by atoms with Gasteiger partial charge in [0.05, 0.1) is 10.0 Å². The van der Waals surface area contributed by atoms with E-state index in [2.05, 4.69) is 21.1 Å². The van der Waals surface area contributed by atoms with Crippen molar-refractivity contribution >= 4 is 32.7 Å². The van der Waals surface area contributed by atoms with Crippen LogP contribution in [0.4, 0.5) is 0 Å². The average Bonchev–Trinajstić information content (AvgIpc) is 3.20. The summed E-state index contributed by atoms with van der Waals surface area (Å²) in [5.41, 5.74) is 2.43. The highest BCUT2D eigenvalue weighted by atomic mass is 79.9. The number of hydrogen-bond acceptors (Lipinski definition) is 4. The number of halogens is 1. The summed E-state index contributed by atoms with van der Waals surface area (Å²) in [6, 6.07) is 16.9. The summed E-state index contributed by atoms with van der Waals surface area (Å²) >= 11 is 3.44. The molecule has 0 unspecified atom stereocenters. The van der Waals surface area contributed by atoms with E-state index >= 15 is 0 Å². The second kappa shape index (κ2) is 5.76. The highest BCUT2D eigenvalue weighted by molar-refractivity contribution is 9.10. The van der Waals surface area contributed by atoms with Crippen molar-refractivity contribution < 1.29 is 13.7 Å². The Balaban J connectivity index is 1.85. The van der Waals surface area contributed by atoms with Crippen LogP contribution in [0.25, 0.3) is 22.2 Å². The Morgan fingerprint density at radius 2 is 1.88 bits per heavy atom. The van der Waals surface area contributed by atoms with Crippen LogP contribution in [0.1, 0.15) is 21.9 Å². The van der Waals surface area contributed by atoms with Crippen molar-refractivity contribution in [1.82, 2.24) is 5.16 Å². The van der Waals surface area contributed by atoms with E-state index in [1.807, 2.05) is 48.5 Å². The second-order valence-corrected chi connectivity index (χ2v) is 6.28. The minimum Gasteiger partial charge on any atom is -0.451 e. The van der Waals surface area contributed by atoms with Gasteiger partial charge in [0, 0.05) is 10.9 Å². The Labute approximate surface area is 146 Å². The molecule has 2 aromatic carbocycles. The van der Waals surface area contributed by atoms with E-state index in [-0.39, 0.29) is 11.5 Å². The van der Waals surface area contributed by atoms with Crippen molar-refractivity contribution in [3.05, 3.63) is 76.2 Å². The number of ketones is 1. The van der Waals surface area contributed by atoms with Crippen LogP contribution in [-0.4, -0.2) is 10.9 Å². The van der Waals surface area contributed by atoms with Crippen molar-refractivity contribution in [2.24, 2.45) is 0 Å². The van der Waals surface area contributed by atoms with Gasteiger partial charge >= 0.3 is 0 Å². The lowest BCUT2D eigenvalue weighted by Gasteiger charge is -2.00. The first-order valence-electron chi connectivity index (χ1n) is 7.39. The molecule has 4 rings (SSSR count). The predicted octanol–water partition coefficient (Wildman–Crippen LogP) is 5.39. The molecular weight excluding hydrogens is 370 g/mol. The van der Waals surface area contributed by atoms with Crippen molar-refractivity contribution in [3.8, 4) is 11.3 Å². The number of carbonyl (C=O) groups excluding carboxylic acids is 1. The predicted molar refractivity (Wildman–Crippen MR) is 94.0 cm³/mol. The Bertz CT molecular complexity index is 1050. The van der Waals surface area contributed by atoms with Gasteiger partial charge in [-0.2, -0.15) is 0 Å². The first-order valence-corrected chi connectivity index (χ1v) is 8.19. The normalized spacial score (nSPS) is 11.1. The molecule has 0 radical (unpaired) electrons. The number of benzene rings is 2. The smallest absolute Gasteiger partial charge is 0.234 e. The van der Waals surface area contributed by atoms with Crippen LogP contribution in [0.3, 0.4) is 0 Å². The average molecular weight is 382 g/mol. The first-order chi connectivity index (χ1) is 11.6. The number of para-hydroxylation sites is 1. The standard InChI is InChI=1S/C19H12BrNO3/c1-11-16(17(21-24-11)12-6-3-2-4-7-12)18(22)15-10-13-8-5-9-14(20)19(13)23-15/h2-10H,1H3. The Kier molecular flexibility index (Phi) is 3.58. The third-order valence-corrected chi connectivity index (χ3v) is 4.48. The fourth-order valence-electron chi connectivity index (χ4n) is 2.70. The highest BCUT2D eigenvalue weighted by Crippen LogP contribution is 2.31. The highest BCUT2D eigenvalue weighted by Gasteiger charge is 2.25. The van der Waals surface area contributed by atoms with Crippen LogP contribution < -0.4 is 0 Å². The van der Waals surface area contributed by atoms with E-state index in [4.69, 9.17) is 8.94 Å². The minimum absolute atomic E-state index is 0.240. The van der Waals surface area contributed by atoms with Crippen LogP contribution in [-0.2, 0) is 0 Å². The molecule has 0 aliphatic carbocycles. The molecular formula is C19H12BrNO3. The number of aromatic nitrogens is 1. The number of furan rings is 1. The lowest BCUT2D eigenvalue weighted by molar-refractivity contribution is 0.101. The minimum atomic E-state index is -0.240. The number of hydrogen-bond donors (Lipinski definition) is 0. The van der Waals surface area contributed by atoms with E-state index in [1.165, 1.54) is 0 Å². The fraction of sp³-hybridized carbons (Fsp3) is 0.0526. The van der Waals surface area contributed by atoms with E-state index in [0.717, 1.165) is 15.4 Å². The molecule has 0 bridgehead atoms. The molecule has 2 aromatic heterocycles. The fourth-order valence-corrected chi connectivity index (χ4v) is 3.16. The second-order valence-electron chi connectivity index (χ2n) is 5.43. The maximum Gasteiger partial charge on any atom is 0.234 e. The summed E-state index contributed by atoms with van der Waals surface area (Å²) in [5, 5.41) is 4.92. The van der Waals surface area contributed by atoms with Crippen molar-refractivity contribution in [2.75, 3.05) is 0 Å². The summed E-state index contributed by atoms with van der Waals surface area (Å²) in [6.07, 6.45) is 0. The van der Waals surface area contributed by atoms with Gasteiger partial charge in [-0.25, -0.2) is 0 Å². The first kappa shape index (κ1) is 14.9. The van der Waals surface area contributed by atoms with Gasteiger partial charge in [-0.3, -0.25) is 4.79 Å². The number of carbonyl (C=O) groups is 1. The number of aryl methyl sites for hydroxylation is 1. The van der Waals surface area contributed by atoms with Gasteiger partial charge in [-0.15, -0.1) is 0 Å². The number of nitrogens with zero attached hydrogens (tertiary/aromatic N) is 1. The van der Waals surface area contributed by atoms with E-state index < -0.39 is 0 Å². The molecule has 0 N–H and O–H groups in total. The molecule has 4 nitrogen and oxygen atoms in total. The molecule has 0 spiro atoms. The maximum absolute atomic E-state index is 13.0. The summed E-state index contributed by atoms with van der Waals surface area (Å²) in [4.78, 5) is 13.0. The maximum atomic E-state index is 13.0. The molecule has 0 aliphatic heterocycles. The van der Waals surface area contributed by atoms with Crippen molar-refractivity contribution in [3.63, 3.8) is 0 Å². The van der Waals surface area contributed by atoms with E-state index in [0.29, 0.717) is 22.6 Å². The van der Waals surface area contributed by atoms with Gasteiger partial charge in [0.2, 0.25) is 5.78 Å². The Morgan fingerprint density at radius 1 is 1.08 bits per heavy atom.